The maximum atomic E-state index is 12.3. The fourth-order valence-electron chi connectivity index (χ4n) is 4.14. The molecule has 0 radical (unpaired) electrons. The van der Waals surface area contributed by atoms with Gasteiger partial charge in [0.05, 0.1) is 5.56 Å². The number of carbonyl (C=O) groups is 1. The number of pyridine rings is 1. The molecule has 0 spiro atoms. The molecule has 0 bridgehead atoms. The van der Waals surface area contributed by atoms with Crippen LogP contribution in [0.15, 0.2) is 35.4 Å². The quantitative estimate of drug-likeness (QED) is 0.740. The summed E-state index contributed by atoms with van der Waals surface area (Å²) in [5.41, 5.74) is 9.57. The van der Waals surface area contributed by atoms with E-state index in [1.807, 2.05) is 30.3 Å². The Bertz CT molecular complexity index is 932. The summed E-state index contributed by atoms with van der Waals surface area (Å²) in [4.78, 5) is 19.4. The summed E-state index contributed by atoms with van der Waals surface area (Å²) in [6, 6.07) is 12.0. The SMILES string of the molecule is N#Cc1c(N2CCCNCC2)nc(SC(C(N)=O)c2ccccc2)c2c1CCC2. The highest BCUT2D eigenvalue weighted by Crippen LogP contribution is 2.42. The molecule has 0 saturated carbocycles. The minimum absolute atomic E-state index is 0.375. The highest BCUT2D eigenvalue weighted by atomic mass is 32.2. The Balaban J connectivity index is 1.77. The maximum absolute atomic E-state index is 12.3. The van der Waals surface area contributed by atoms with E-state index in [1.54, 1.807) is 0 Å². The molecule has 150 valence electrons. The number of aromatic nitrogens is 1. The summed E-state index contributed by atoms with van der Waals surface area (Å²) in [7, 11) is 0. The highest BCUT2D eigenvalue weighted by Gasteiger charge is 2.29. The first-order chi connectivity index (χ1) is 14.2. The third kappa shape index (κ3) is 4.09. The molecule has 1 amide bonds. The minimum Gasteiger partial charge on any atom is -0.368 e. The molecule has 3 N–H and O–H groups in total. The molecule has 2 aliphatic rings. The first-order valence-electron chi connectivity index (χ1n) is 10.1. The van der Waals surface area contributed by atoms with Gasteiger partial charge in [-0.3, -0.25) is 4.79 Å². The van der Waals surface area contributed by atoms with Crippen LogP contribution in [0.5, 0.6) is 0 Å². The lowest BCUT2D eigenvalue weighted by molar-refractivity contribution is -0.117. The lowest BCUT2D eigenvalue weighted by atomic mass is 10.1. The Morgan fingerprint density at radius 3 is 2.72 bits per heavy atom. The topological polar surface area (TPSA) is 95.0 Å². The fraction of sp³-hybridized carbons (Fsp3) is 0.409. The lowest BCUT2D eigenvalue weighted by Crippen LogP contribution is -2.30. The third-order valence-corrected chi connectivity index (χ3v) is 6.85. The zero-order valence-electron chi connectivity index (χ0n) is 16.4. The second kappa shape index (κ2) is 8.85. The molecule has 7 heteroatoms. The Morgan fingerprint density at radius 1 is 1.17 bits per heavy atom. The molecule has 1 aromatic carbocycles. The van der Waals surface area contributed by atoms with Gasteiger partial charge in [-0.15, -0.1) is 0 Å². The van der Waals surface area contributed by atoms with Gasteiger partial charge in [0, 0.05) is 19.6 Å². The number of amides is 1. The molecule has 2 heterocycles. The zero-order valence-corrected chi connectivity index (χ0v) is 17.2. The number of fused-ring (bicyclic) bond motifs is 1. The summed E-state index contributed by atoms with van der Waals surface area (Å²) < 4.78 is 0. The smallest absolute Gasteiger partial charge is 0.235 e. The monoisotopic (exact) mass is 407 g/mol. The Hall–Kier alpha value is -2.56. The Kier molecular flexibility index (Phi) is 6.02. The molecule has 1 aliphatic heterocycles. The van der Waals surface area contributed by atoms with Crippen molar-refractivity contribution < 1.29 is 4.79 Å². The fourth-order valence-corrected chi connectivity index (χ4v) is 5.28. The first kappa shape index (κ1) is 19.7. The standard InChI is InChI=1S/C22H25N5OS/c23-14-18-16-8-4-9-17(16)22(26-21(18)27-12-5-10-25-11-13-27)29-19(20(24)28)15-6-2-1-3-7-15/h1-3,6-7,19,25H,4-5,8-13H2,(H2,24,28). The van der Waals surface area contributed by atoms with Crippen molar-refractivity contribution in [3.8, 4) is 6.07 Å². The lowest BCUT2D eigenvalue weighted by Gasteiger charge is -2.25. The maximum Gasteiger partial charge on any atom is 0.235 e. The van der Waals surface area contributed by atoms with Gasteiger partial charge < -0.3 is 16.0 Å². The summed E-state index contributed by atoms with van der Waals surface area (Å²) in [6.07, 6.45) is 3.80. The number of nitriles is 1. The van der Waals surface area contributed by atoms with Crippen molar-refractivity contribution in [1.82, 2.24) is 10.3 Å². The number of anilines is 1. The Labute approximate surface area is 175 Å². The van der Waals surface area contributed by atoms with Crippen LogP contribution in [0.1, 0.15) is 40.3 Å². The second-order valence-corrected chi connectivity index (χ2v) is 8.53. The average Bonchev–Trinajstić information content (AvgIpc) is 3.07. The number of hydrogen-bond acceptors (Lipinski definition) is 6. The van der Waals surface area contributed by atoms with Crippen molar-refractivity contribution in [3.63, 3.8) is 0 Å². The molecule has 29 heavy (non-hydrogen) atoms. The van der Waals surface area contributed by atoms with Crippen LogP contribution in [0.4, 0.5) is 5.82 Å². The number of nitrogens with two attached hydrogens (primary N) is 1. The van der Waals surface area contributed by atoms with Crippen LogP contribution in [-0.4, -0.2) is 37.1 Å². The van der Waals surface area contributed by atoms with Crippen LogP contribution in [-0.2, 0) is 17.6 Å². The predicted octanol–water partition coefficient (Wildman–Crippen LogP) is 2.56. The van der Waals surface area contributed by atoms with E-state index in [4.69, 9.17) is 10.7 Å². The molecular weight excluding hydrogens is 382 g/mol. The van der Waals surface area contributed by atoms with Crippen molar-refractivity contribution in [2.45, 2.75) is 36.0 Å². The number of primary amides is 1. The molecule has 4 rings (SSSR count). The van der Waals surface area contributed by atoms with Crippen LogP contribution < -0.4 is 16.0 Å². The third-order valence-electron chi connectivity index (χ3n) is 5.55. The van der Waals surface area contributed by atoms with Gasteiger partial charge in [0.15, 0.2) is 0 Å². The summed E-state index contributed by atoms with van der Waals surface area (Å²) >= 11 is 1.42. The van der Waals surface area contributed by atoms with E-state index in [0.29, 0.717) is 5.56 Å². The zero-order chi connectivity index (χ0) is 20.2. The van der Waals surface area contributed by atoms with Gasteiger partial charge in [0.2, 0.25) is 5.91 Å². The number of rotatable bonds is 5. The number of carbonyl (C=O) groups excluding carboxylic acids is 1. The average molecular weight is 408 g/mol. The van der Waals surface area contributed by atoms with Crippen molar-refractivity contribution in [3.05, 3.63) is 52.6 Å². The molecule has 1 fully saturated rings. The van der Waals surface area contributed by atoms with Crippen molar-refractivity contribution in [2.24, 2.45) is 5.73 Å². The first-order valence-corrected chi connectivity index (χ1v) is 11.0. The normalized spacial score (nSPS) is 17.3. The molecule has 6 nitrogen and oxygen atoms in total. The summed E-state index contributed by atoms with van der Waals surface area (Å²) in [5, 5.41) is 13.7. The molecule has 1 saturated heterocycles. The predicted molar refractivity (Wildman–Crippen MR) is 115 cm³/mol. The van der Waals surface area contributed by atoms with Crippen LogP contribution >= 0.6 is 11.8 Å². The van der Waals surface area contributed by atoms with Gasteiger partial charge in [-0.2, -0.15) is 5.26 Å². The highest BCUT2D eigenvalue weighted by molar-refractivity contribution is 8.00. The van der Waals surface area contributed by atoms with Gasteiger partial charge in [0.25, 0.3) is 0 Å². The Morgan fingerprint density at radius 2 is 1.97 bits per heavy atom. The minimum atomic E-state index is -0.500. The van der Waals surface area contributed by atoms with Gasteiger partial charge >= 0.3 is 0 Å². The summed E-state index contributed by atoms with van der Waals surface area (Å²) in [5.74, 6) is 0.385. The molecule has 1 aliphatic carbocycles. The van der Waals surface area contributed by atoms with E-state index < -0.39 is 5.25 Å². The van der Waals surface area contributed by atoms with Gasteiger partial charge in [0.1, 0.15) is 22.2 Å². The molecule has 2 aromatic rings. The largest absolute Gasteiger partial charge is 0.368 e. The van der Waals surface area contributed by atoms with Crippen molar-refractivity contribution >= 4 is 23.5 Å². The molecule has 1 atom stereocenters. The van der Waals surface area contributed by atoms with Crippen LogP contribution in [0.3, 0.4) is 0 Å². The van der Waals surface area contributed by atoms with E-state index in [-0.39, 0.29) is 5.91 Å². The number of thioether (sulfide) groups is 1. The van der Waals surface area contributed by atoms with E-state index in [2.05, 4.69) is 16.3 Å². The van der Waals surface area contributed by atoms with Gasteiger partial charge in [-0.25, -0.2) is 4.98 Å². The van der Waals surface area contributed by atoms with E-state index >= 15 is 0 Å². The van der Waals surface area contributed by atoms with Crippen molar-refractivity contribution in [1.29, 1.82) is 5.26 Å². The van der Waals surface area contributed by atoms with E-state index in [9.17, 15) is 10.1 Å². The van der Waals surface area contributed by atoms with E-state index in [1.165, 1.54) is 11.8 Å². The van der Waals surface area contributed by atoms with Crippen LogP contribution in [0.25, 0.3) is 0 Å². The molecule has 1 unspecified atom stereocenters. The van der Waals surface area contributed by atoms with Crippen molar-refractivity contribution in [2.75, 3.05) is 31.1 Å². The van der Waals surface area contributed by atoms with Crippen LogP contribution in [0, 0.1) is 11.3 Å². The number of benzene rings is 1. The number of hydrogen-bond donors (Lipinski definition) is 2. The van der Waals surface area contributed by atoms with Crippen LogP contribution in [0.2, 0.25) is 0 Å². The van der Waals surface area contributed by atoms with Gasteiger partial charge in [-0.1, -0.05) is 42.1 Å². The summed E-state index contributed by atoms with van der Waals surface area (Å²) in [6.45, 7) is 3.54. The number of nitrogens with one attached hydrogen (secondary N) is 1. The molecular formula is C22H25N5OS. The van der Waals surface area contributed by atoms with E-state index in [0.717, 1.165) is 79.4 Å². The second-order valence-electron chi connectivity index (χ2n) is 7.44. The molecule has 1 aromatic heterocycles. The number of nitrogens with zero attached hydrogens (tertiary/aromatic N) is 3. The van der Waals surface area contributed by atoms with Gasteiger partial charge in [-0.05, 0) is 48.9 Å².